The summed E-state index contributed by atoms with van der Waals surface area (Å²) in [6, 6.07) is 1.80. The van der Waals surface area contributed by atoms with Gasteiger partial charge in [0.25, 0.3) is 0 Å². The molecule has 0 aliphatic rings. The Bertz CT molecular complexity index is 418. The number of rotatable bonds is 3. The maximum Gasteiger partial charge on any atom is 0.194 e. The molecule has 2 nitrogen and oxygen atoms in total. The van der Waals surface area contributed by atoms with E-state index in [1.54, 1.807) is 6.92 Å². The highest BCUT2D eigenvalue weighted by atomic mass is 19.2. The Hall–Kier alpha value is -1.78. The van der Waals surface area contributed by atoms with Crippen molar-refractivity contribution in [2.45, 2.75) is 6.92 Å². The van der Waals surface area contributed by atoms with E-state index in [4.69, 9.17) is 0 Å². The Morgan fingerprint density at radius 2 is 1.81 bits per heavy atom. The van der Waals surface area contributed by atoms with Gasteiger partial charge in [0.05, 0.1) is 5.71 Å². The van der Waals surface area contributed by atoms with Gasteiger partial charge in [0, 0.05) is 0 Å². The summed E-state index contributed by atoms with van der Waals surface area (Å²) in [6.45, 7) is 1.65. The highest BCUT2D eigenvalue weighted by molar-refractivity contribution is 5.95. The van der Waals surface area contributed by atoms with E-state index in [9.17, 15) is 13.2 Å². The van der Waals surface area contributed by atoms with Crippen LogP contribution in [0.2, 0.25) is 0 Å². The first kappa shape index (κ1) is 12.3. The van der Waals surface area contributed by atoms with E-state index in [2.05, 4.69) is 9.99 Å². The zero-order valence-corrected chi connectivity index (χ0v) is 8.80. The van der Waals surface area contributed by atoms with Crippen molar-refractivity contribution in [2.24, 2.45) is 5.16 Å². The van der Waals surface area contributed by atoms with Crippen molar-refractivity contribution in [3.8, 4) is 0 Å². The van der Waals surface area contributed by atoms with E-state index >= 15 is 0 Å². The van der Waals surface area contributed by atoms with Gasteiger partial charge < -0.3 is 4.84 Å². The van der Waals surface area contributed by atoms with Gasteiger partial charge >= 0.3 is 0 Å². The largest absolute Gasteiger partial charge is 0.399 e. The summed E-state index contributed by atoms with van der Waals surface area (Å²) in [6.07, 6.45) is 2.90. The molecule has 0 aliphatic carbocycles. The molecule has 0 heterocycles. The molecule has 0 saturated heterocycles. The van der Waals surface area contributed by atoms with Crippen LogP contribution in [0, 0.1) is 17.5 Å². The number of nitrogens with zero attached hydrogens (tertiary/aromatic N) is 1. The first-order valence-corrected chi connectivity index (χ1v) is 4.45. The van der Waals surface area contributed by atoms with Gasteiger partial charge in [0.2, 0.25) is 0 Å². The van der Waals surface area contributed by atoms with Crippen molar-refractivity contribution >= 4 is 11.8 Å². The minimum atomic E-state index is -1.47. The van der Waals surface area contributed by atoms with Crippen LogP contribution in [0.5, 0.6) is 0 Å². The molecule has 1 aromatic rings. The summed E-state index contributed by atoms with van der Waals surface area (Å²) in [4.78, 5) is 4.49. The number of halogens is 3. The normalized spacial score (nSPS) is 12.2. The molecule has 0 saturated carbocycles. The van der Waals surface area contributed by atoms with Crippen LogP contribution in [0.15, 0.2) is 23.4 Å². The van der Waals surface area contributed by atoms with E-state index in [0.29, 0.717) is 5.71 Å². The molecule has 0 unspecified atom stereocenters. The van der Waals surface area contributed by atoms with Crippen LogP contribution < -0.4 is 0 Å². The predicted octanol–water partition coefficient (Wildman–Crippen LogP) is 3.14. The Morgan fingerprint density at radius 3 is 2.31 bits per heavy atom. The van der Waals surface area contributed by atoms with E-state index in [-0.39, 0.29) is 5.56 Å². The summed E-state index contributed by atoms with van der Waals surface area (Å²) in [5.74, 6) is -3.92. The fourth-order valence-corrected chi connectivity index (χ4v) is 1.06. The first-order valence-electron chi connectivity index (χ1n) is 4.45. The van der Waals surface area contributed by atoms with E-state index in [0.717, 1.165) is 12.1 Å². The van der Waals surface area contributed by atoms with Crippen LogP contribution in [-0.4, -0.2) is 12.8 Å². The third kappa shape index (κ3) is 3.12. The molecule has 0 aliphatic heterocycles. The highest BCUT2D eigenvalue weighted by Crippen LogP contribution is 2.14. The van der Waals surface area contributed by atoms with E-state index in [1.807, 2.05) is 0 Å². The fraction of sp³-hybridized carbons (Fsp3) is 0.182. The van der Waals surface area contributed by atoms with Gasteiger partial charge in [-0.05, 0) is 30.7 Å². The van der Waals surface area contributed by atoms with Crippen molar-refractivity contribution < 1.29 is 18.0 Å². The minimum absolute atomic E-state index is 0.210. The summed E-state index contributed by atoms with van der Waals surface area (Å²) in [7, 11) is 1.38. The number of benzene rings is 1. The van der Waals surface area contributed by atoms with Crippen molar-refractivity contribution in [1.29, 1.82) is 0 Å². The maximum atomic E-state index is 12.8. The molecule has 0 amide bonds. The SMILES string of the molecule is CO/N=C(C)/C=C/c1cc(F)c(F)c(F)c1. The van der Waals surface area contributed by atoms with Gasteiger partial charge in [-0.3, -0.25) is 0 Å². The second-order valence-corrected chi connectivity index (χ2v) is 3.05. The molecule has 5 heteroatoms. The first-order chi connectivity index (χ1) is 7.54. The standard InChI is InChI=1S/C11H10F3NO/c1-7(15-16-2)3-4-8-5-9(12)11(14)10(13)6-8/h3-6H,1-2H3/b4-3+,15-7+. The molecule has 0 aromatic heterocycles. The molecule has 86 valence electrons. The molecule has 0 fully saturated rings. The number of allylic oxidation sites excluding steroid dienone is 1. The molecular weight excluding hydrogens is 219 g/mol. The number of oxime groups is 1. The van der Waals surface area contributed by atoms with Crippen molar-refractivity contribution in [3.05, 3.63) is 41.2 Å². The van der Waals surface area contributed by atoms with Crippen LogP contribution >= 0.6 is 0 Å². The smallest absolute Gasteiger partial charge is 0.194 e. The van der Waals surface area contributed by atoms with Crippen LogP contribution in [-0.2, 0) is 4.84 Å². The second-order valence-electron chi connectivity index (χ2n) is 3.05. The van der Waals surface area contributed by atoms with Gasteiger partial charge in [-0.15, -0.1) is 0 Å². The van der Waals surface area contributed by atoms with Gasteiger partial charge in [-0.25, -0.2) is 13.2 Å². The lowest BCUT2D eigenvalue weighted by molar-refractivity contribution is 0.213. The average Bonchev–Trinajstić information content (AvgIpc) is 2.23. The summed E-state index contributed by atoms with van der Waals surface area (Å²) in [5, 5.41) is 3.57. The molecule has 16 heavy (non-hydrogen) atoms. The molecule has 1 rings (SSSR count). The molecular formula is C11H10F3NO. The van der Waals surface area contributed by atoms with Gasteiger partial charge in [-0.2, -0.15) is 0 Å². The zero-order chi connectivity index (χ0) is 12.1. The lowest BCUT2D eigenvalue weighted by atomic mass is 10.2. The van der Waals surface area contributed by atoms with E-state index < -0.39 is 17.5 Å². The molecule has 1 aromatic carbocycles. The van der Waals surface area contributed by atoms with Crippen LogP contribution in [0.4, 0.5) is 13.2 Å². The van der Waals surface area contributed by atoms with Crippen LogP contribution in [0.1, 0.15) is 12.5 Å². The lowest BCUT2D eigenvalue weighted by Crippen LogP contribution is -1.92. The molecule has 0 bridgehead atoms. The zero-order valence-electron chi connectivity index (χ0n) is 8.80. The quantitative estimate of drug-likeness (QED) is 0.443. The number of hydrogen-bond donors (Lipinski definition) is 0. The van der Waals surface area contributed by atoms with Crippen molar-refractivity contribution in [1.82, 2.24) is 0 Å². The predicted molar refractivity (Wildman–Crippen MR) is 55.5 cm³/mol. The maximum absolute atomic E-state index is 12.8. The Kier molecular flexibility index (Phi) is 4.10. The Balaban J connectivity index is 2.95. The Labute approximate surface area is 91.0 Å². The fourth-order valence-electron chi connectivity index (χ4n) is 1.06. The monoisotopic (exact) mass is 229 g/mol. The van der Waals surface area contributed by atoms with Gasteiger partial charge in [0.1, 0.15) is 7.11 Å². The molecule has 0 N–H and O–H groups in total. The third-order valence-electron chi connectivity index (χ3n) is 1.76. The lowest BCUT2D eigenvalue weighted by Gasteiger charge is -1.98. The van der Waals surface area contributed by atoms with E-state index in [1.165, 1.54) is 19.3 Å². The molecule has 0 atom stereocenters. The molecule has 0 radical (unpaired) electrons. The highest BCUT2D eigenvalue weighted by Gasteiger charge is 2.08. The Morgan fingerprint density at radius 1 is 1.25 bits per heavy atom. The van der Waals surface area contributed by atoms with Crippen LogP contribution in [0.25, 0.3) is 6.08 Å². The summed E-state index contributed by atoms with van der Waals surface area (Å²) in [5.41, 5.74) is 0.731. The average molecular weight is 229 g/mol. The topological polar surface area (TPSA) is 21.6 Å². The summed E-state index contributed by atoms with van der Waals surface area (Å²) >= 11 is 0. The second kappa shape index (κ2) is 5.34. The van der Waals surface area contributed by atoms with Crippen molar-refractivity contribution in [3.63, 3.8) is 0 Å². The summed E-state index contributed by atoms with van der Waals surface area (Å²) < 4.78 is 38.2. The van der Waals surface area contributed by atoms with Gasteiger partial charge in [-0.1, -0.05) is 11.2 Å². The van der Waals surface area contributed by atoms with Crippen LogP contribution in [0.3, 0.4) is 0 Å². The molecule has 0 spiro atoms. The minimum Gasteiger partial charge on any atom is -0.399 e. The van der Waals surface area contributed by atoms with Gasteiger partial charge in [0.15, 0.2) is 17.5 Å². The van der Waals surface area contributed by atoms with Crippen molar-refractivity contribution in [2.75, 3.05) is 7.11 Å². The number of hydrogen-bond acceptors (Lipinski definition) is 2. The third-order valence-corrected chi connectivity index (χ3v) is 1.76.